The molecule has 0 atom stereocenters. The summed E-state index contributed by atoms with van der Waals surface area (Å²) in [5, 5.41) is 0. The van der Waals surface area contributed by atoms with Crippen molar-refractivity contribution in [1.29, 1.82) is 0 Å². The number of alkyl halides is 1. The predicted molar refractivity (Wildman–Crippen MR) is 81.9 cm³/mol. The highest BCUT2D eigenvalue weighted by molar-refractivity contribution is 5.68. The number of anilines is 1. The summed E-state index contributed by atoms with van der Waals surface area (Å²) in [6.07, 6.45) is 0. The fourth-order valence-electron chi connectivity index (χ4n) is 2.45. The summed E-state index contributed by atoms with van der Waals surface area (Å²) in [7, 11) is 1.61. The second-order valence-electron chi connectivity index (χ2n) is 4.98. The molecule has 5 nitrogen and oxygen atoms in total. The standard InChI is InChI=1S/C16H18FN3O2/c1-21-15-5-3-2-4-13(15)14-10-12(11-17)18-16(19-14)20-6-8-22-9-7-20/h2-5,10H,6-9,11H2,1H3. The first-order valence-electron chi connectivity index (χ1n) is 7.22. The van der Waals surface area contributed by atoms with E-state index < -0.39 is 6.67 Å². The van der Waals surface area contributed by atoms with Crippen molar-refractivity contribution >= 4 is 5.95 Å². The molecule has 22 heavy (non-hydrogen) atoms. The normalized spacial score (nSPS) is 14.9. The van der Waals surface area contributed by atoms with Gasteiger partial charge in [-0.2, -0.15) is 0 Å². The van der Waals surface area contributed by atoms with Crippen molar-refractivity contribution < 1.29 is 13.9 Å². The molecule has 1 aliphatic heterocycles. The molecule has 6 heteroatoms. The molecule has 0 spiro atoms. The van der Waals surface area contributed by atoms with Crippen LogP contribution in [-0.4, -0.2) is 43.4 Å². The van der Waals surface area contributed by atoms with E-state index in [0.29, 0.717) is 49.4 Å². The lowest BCUT2D eigenvalue weighted by Gasteiger charge is -2.27. The third kappa shape index (κ3) is 3.01. The number of halogens is 1. The summed E-state index contributed by atoms with van der Waals surface area (Å²) in [6, 6.07) is 9.24. The first kappa shape index (κ1) is 14.7. The number of nitrogens with zero attached hydrogens (tertiary/aromatic N) is 3. The van der Waals surface area contributed by atoms with Crippen LogP contribution in [-0.2, 0) is 11.4 Å². The molecule has 116 valence electrons. The fourth-order valence-corrected chi connectivity index (χ4v) is 2.45. The molecule has 0 bridgehead atoms. The third-order valence-electron chi connectivity index (χ3n) is 3.58. The molecule has 1 aromatic carbocycles. The molecule has 0 N–H and O–H groups in total. The van der Waals surface area contributed by atoms with Crippen molar-refractivity contribution in [3.63, 3.8) is 0 Å². The van der Waals surface area contributed by atoms with Gasteiger partial charge in [-0.15, -0.1) is 0 Å². The molecular weight excluding hydrogens is 285 g/mol. The van der Waals surface area contributed by atoms with Crippen LogP contribution in [0.1, 0.15) is 5.69 Å². The Hall–Kier alpha value is -2.21. The molecule has 2 aromatic rings. The Bertz CT molecular complexity index is 645. The minimum Gasteiger partial charge on any atom is -0.496 e. The summed E-state index contributed by atoms with van der Waals surface area (Å²) in [5.74, 6) is 1.25. The molecule has 2 heterocycles. The van der Waals surface area contributed by atoms with Gasteiger partial charge in [-0.3, -0.25) is 0 Å². The number of morpholine rings is 1. The fraction of sp³-hybridized carbons (Fsp3) is 0.375. The zero-order chi connectivity index (χ0) is 15.4. The number of hydrogen-bond donors (Lipinski definition) is 0. The lowest BCUT2D eigenvalue weighted by atomic mass is 10.1. The van der Waals surface area contributed by atoms with Crippen molar-refractivity contribution in [3.8, 4) is 17.0 Å². The summed E-state index contributed by atoms with van der Waals surface area (Å²) in [4.78, 5) is 10.9. The van der Waals surface area contributed by atoms with E-state index in [1.807, 2.05) is 29.2 Å². The first-order chi connectivity index (χ1) is 10.8. The predicted octanol–water partition coefficient (Wildman–Crippen LogP) is 2.46. The van der Waals surface area contributed by atoms with Gasteiger partial charge in [0.05, 0.1) is 31.7 Å². The van der Waals surface area contributed by atoms with Crippen LogP contribution in [0.4, 0.5) is 10.3 Å². The second kappa shape index (κ2) is 6.70. The number of ether oxygens (including phenoxy) is 2. The lowest BCUT2D eigenvalue weighted by Crippen LogP contribution is -2.37. The molecule has 1 saturated heterocycles. The Morgan fingerprint density at radius 3 is 2.73 bits per heavy atom. The van der Waals surface area contributed by atoms with Crippen LogP contribution >= 0.6 is 0 Å². The van der Waals surface area contributed by atoms with Gasteiger partial charge in [0.25, 0.3) is 0 Å². The SMILES string of the molecule is COc1ccccc1-c1cc(CF)nc(N2CCOCC2)n1. The molecule has 0 unspecified atom stereocenters. The second-order valence-corrected chi connectivity index (χ2v) is 4.98. The van der Waals surface area contributed by atoms with Crippen molar-refractivity contribution in [3.05, 3.63) is 36.0 Å². The van der Waals surface area contributed by atoms with E-state index in [9.17, 15) is 4.39 Å². The topological polar surface area (TPSA) is 47.5 Å². The van der Waals surface area contributed by atoms with E-state index in [1.165, 1.54) is 0 Å². The van der Waals surface area contributed by atoms with Crippen LogP contribution in [0.25, 0.3) is 11.3 Å². The highest BCUT2D eigenvalue weighted by atomic mass is 19.1. The van der Waals surface area contributed by atoms with E-state index in [1.54, 1.807) is 13.2 Å². The molecule has 3 rings (SSSR count). The average molecular weight is 303 g/mol. The quantitative estimate of drug-likeness (QED) is 0.868. The molecule has 0 amide bonds. The van der Waals surface area contributed by atoms with Gasteiger partial charge in [-0.05, 0) is 18.2 Å². The van der Waals surface area contributed by atoms with E-state index in [4.69, 9.17) is 9.47 Å². The smallest absolute Gasteiger partial charge is 0.226 e. The number of benzene rings is 1. The summed E-state index contributed by atoms with van der Waals surface area (Å²) in [6.45, 7) is 2.06. The van der Waals surface area contributed by atoms with Gasteiger partial charge >= 0.3 is 0 Å². The highest BCUT2D eigenvalue weighted by Gasteiger charge is 2.17. The number of hydrogen-bond acceptors (Lipinski definition) is 5. The van der Waals surface area contributed by atoms with Crippen molar-refractivity contribution in [2.24, 2.45) is 0 Å². The van der Waals surface area contributed by atoms with Gasteiger partial charge in [-0.25, -0.2) is 14.4 Å². The largest absolute Gasteiger partial charge is 0.496 e. The number of methoxy groups -OCH3 is 1. The Labute approximate surface area is 128 Å². The Morgan fingerprint density at radius 1 is 1.23 bits per heavy atom. The maximum atomic E-state index is 13.2. The van der Waals surface area contributed by atoms with E-state index in [-0.39, 0.29) is 0 Å². The number of aromatic nitrogens is 2. The van der Waals surface area contributed by atoms with Crippen LogP contribution in [0, 0.1) is 0 Å². The number of para-hydroxylation sites is 1. The highest BCUT2D eigenvalue weighted by Crippen LogP contribution is 2.29. The molecule has 1 aromatic heterocycles. The number of rotatable bonds is 4. The Balaban J connectivity index is 2.03. The van der Waals surface area contributed by atoms with Gasteiger partial charge in [0.1, 0.15) is 12.4 Å². The van der Waals surface area contributed by atoms with Gasteiger partial charge in [0.2, 0.25) is 5.95 Å². The molecule has 1 aliphatic rings. The van der Waals surface area contributed by atoms with E-state index in [2.05, 4.69) is 9.97 Å². The van der Waals surface area contributed by atoms with Crippen molar-refractivity contribution in [1.82, 2.24) is 9.97 Å². The van der Waals surface area contributed by atoms with Crippen molar-refractivity contribution in [2.75, 3.05) is 38.3 Å². The minimum absolute atomic E-state index is 0.373. The summed E-state index contributed by atoms with van der Waals surface area (Å²) in [5.41, 5.74) is 1.87. The maximum absolute atomic E-state index is 13.2. The first-order valence-corrected chi connectivity index (χ1v) is 7.22. The third-order valence-corrected chi connectivity index (χ3v) is 3.58. The van der Waals surface area contributed by atoms with Crippen LogP contribution in [0.15, 0.2) is 30.3 Å². The van der Waals surface area contributed by atoms with E-state index in [0.717, 1.165) is 5.56 Å². The molecule has 0 aliphatic carbocycles. The Morgan fingerprint density at radius 2 is 2.00 bits per heavy atom. The summed E-state index contributed by atoms with van der Waals surface area (Å²) < 4.78 is 23.9. The van der Waals surface area contributed by atoms with Gasteiger partial charge in [-0.1, -0.05) is 12.1 Å². The van der Waals surface area contributed by atoms with Crippen LogP contribution in [0.2, 0.25) is 0 Å². The molecule has 0 radical (unpaired) electrons. The molecule has 0 saturated carbocycles. The van der Waals surface area contributed by atoms with Crippen LogP contribution in [0.5, 0.6) is 5.75 Å². The van der Waals surface area contributed by atoms with Gasteiger partial charge < -0.3 is 14.4 Å². The van der Waals surface area contributed by atoms with Gasteiger partial charge in [0, 0.05) is 18.7 Å². The molecular formula is C16H18FN3O2. The van der Waals surface area contributed by atoms with Crippen molar-refractivity contribution in [2.45, 2.75) is 6.67 Å². The van der Waals surface area contributed by atoms with Crippen LogP contribution < -0.4 is 9.64 Å². The Kier molecular flexibility index (Phi) is 4.48. The van der Waals surface area contributed by atoms with Gasteiger partial charge in [0.15, 0.2) is 0 Å². The van der Waals surface area contributed by atoms with Crippen LogP contribution in [0.3, 0.4) is 0 Å². The molecule has 1 fully saturated rings. The average Bonchev–Trinajstić information content (AvgIpc) is 2.62. The summed E-state index contributed by atoms with van der Waals surface area (Å²) >= 11 is 0. The maximum Gasteiger partial charge on any atom is 0.226 e. The van der Waals surface area contributed by atoms with E-state index >= 15 is 0 Å². The zero-order valence-corrected chi connectivity index (χ0v) is 12.5. The minimum atomic E-state index is -0.623. The zero-order valence-electron chi connectivity index (χ0n) is 12.5. The monoisotopic (exact) mass is 303 g/mol. The lowest BCUT2D eigenvalue weighted by molar-refractivity contribution is 0.122.